The van der Waals surface area contributed by atoms with Crippen molar-refractivity contribution in [1.29, 1.82) is 0 Å². The average Bonchev–Trinajstić information content (AvgIpc) is 3.19. The Kier molecular flexibility index (Phi) is 6.11. The third kappa shape index (κ3) is 4.86. The lowest BCUT2D eigenvalue weighted by atomic mass is 10.1. The zero-order valence-electron chi connectivity index (χ0n) is 14.9. The first kappa shape index (κ1) is 19.4. The number of hydrogen-bond acceptors (Lipinski definition) is 4. The van der Waals surface area contributed by atoms with Crippen LogP contribution in [0.1, 0.15) is 18.5 Å². The van der Waals surface area contributed by atoms with Crippen LogP contribution in [-0.2, 0) is 4.79 Å². The molecule has 27 heavy (non-hydrogen) atoms. The number of anilines is 1. The van der Waals surface area contributed by atoms with Crippen LogP contribution in [0, 0.1) is 0 Å². The molecule has 1 heterocycles. The number of benzene rings is 2. The van der Waals surface area contributed by atoms with Crippen molar-refractivity contribution < 1.29 is 4.79 Å². The highest BCUT2D eigenvalue weighted by Gasteiger charge is 2.15. The number of carbonyl (C=O) groups is 1. The molecule has 2 aromatic carbocycles. The molecule has 0 aliphatic carbocycles. The first-order chi connectivity index (χ1) is 12.9. The number of halogens is 2. The number of rotatable bonds is 6. The zero-order valence-corrected chi connectivity index (χ0v) is 16.4. The van der Waals surface area contributed by atoms with E-state index in [-0.39, 0.29) is 18.5 Å². The van der Waals surface area contributed by atoms with Gasteiger partial charge in [0.15, 0.2) is 0 Å². The molecule has 0 bridgehead atoms. The van der Waals surface area contributed by atoms with Crippen LogP contribution in [0.3, 0.4) is 0 Å². The molecule has 0 saturated heterocycles. The third-order valence-electron chi connectivity index (χ3n) is 4.32. The molecule has 140 valence electrons. The van der Waals surface area contributed by atoms with Gasteiger partial charge in [-0.25, -0.2) is 9.67 Å². The van der Waals surface area contributed by atoms with Crippen molar-refractivity contribution in [3.8, 4) is 5.69 Å². The average molecular weight is 404 g/mol. The Bertz CT molecular complexity index is 912. The predicted molar refractivity (Wildman–Crippen MR) is 107 cm³/mol. The summed E-state index contributed by atoms with van der Waals surface area (Å²) in [5.41, 5.74) is 2.65. The largest absolute Gasteiger partial charge is 0.325 e. The number of hydrogen-bond donors (Lipinski definition) is 1. The molecular formula is C19H19Cl2N5O. The van der Waals surface area contributed by atoms with E-state index in [0.29, 0.717) is 15.7 Å². The van der Waals surface area contributed by atoms with Gasteiger partial charge in [-0.05, 0) is 49.9 Å². The highest BCUT2D eigenvalue weighted by Crippen LogP contribution is 2.25. The fourth-order valence-corrected chi connectivity index (χ4v) is 2.94. The number of nitrogens with one attached hydrogen (secondary N) is 1. The molecule has 8 heteroatoms. The molecule has 0 radical (unpaired) electrons. The molecule has 3 rings (SSSR count). The van der Waals surface area contributed by atoms with E-state index in [2.05, 4.69) is 22.3 Å². The molecule has 1 atom stereocenters. The van der Waals surface area contributed by atoms with Crippen molar-refractivity contribution in [3.63, 3.8) is 0 Å². The normalized spacial score (nSPS) is 12.2. The van der Waals surface area contributed by atoms with Crippen LogP contribution in [0.4, 0.5) is 5.69 Å². The van der Waals surface area contributed by atoms with Crippen molar-refractivity contribution >= 4 is 34.8 Å². The van der Waals surface area contributed by atoms with Crippen molar-refractivity contribution in [3.05, 3.63) is 70.7 Å². The standard InChI is InChI=1S/C19H19Cl2N5O/c1-13(14-3-6-16(7-4-14)26-12-22-11-23-26)25(2)10-19(27)24-15-5-8-17(20)18(21)9-15/h3-9,11-13H,10H2,1-2H3,(H,24,27)/t13-/m0/s1. The molecule has 6 nitrogen and oxygen atoms in total. The summed E-state index contributed by atoms with van der Waals surface area (Å²) in [6, 6.07) is 13.1. The van der Waals surface area contributed by atoms with Gasteiger partial charge in [-0.3, -0.25) is 9.69 Å². The maximum absolute atomic E-state index is 12.3. The maximum atomic E-state index is 12.3. The topological polar surface area (TPSA) is 63.1 Å². The van der Waals surface area contributed by atoms with Gasteiger partial charge in [0.05, 0.1) is 22.3 Å². The molecule has 0 aliphatic rings. The first-order valence-electron chi connectivity index (χ1n) is 8.34. The van der Waals surface area contributed by atoms with Gasteiger partial charge in [-0.2, -0.15) is 5.10 Å². The zero-order chi connectivity index (χ0) is 19.4. The van der Waals surface area contributed by atoms with E-state index in [1.165, 1.54) is 6.33 Å². The second kappa shape index (κ2) is 8.52. The van der Waals surface area contributed by atoms with Crippen LogP contribution in [0.15, 0.2) is 55.1 Å². The Hall–Kier alpha value is -2.41. The van der Waals surface area contributed by atoms with E-state index < -0.39 is 0 Å². The van der Waals surface area contributed by atoms with Crippen molar-refractivity contribution in [1.82, 2.24) is 19.7 Å². The summed E-state index contributed by atoms with van der Waals surface area (Å²) in [7, 11) is 1.91. The Morgan fingerprint density at radius 2 is 1.93 bits per heavy atom. The highest BCUT2D eigenvalue weighted by molar-refractivity contribution is 6.42. The van der Waals surface area contributed by atoms with Gasteiger partial charge >= 0.3 is 0 Å². The summed E-state index contributed by atoms with van der Waals surface area (Å²) in [5, 5.41) is 7.80. The van der Waals surface area contributed by atoms with Gasteiger partial charge < -0.3 is 5.32 Å². The van der Waals surface area contributed by atoms with Crippen LogP contribution in [0.2, 0.25) is 10.0 Å². The fraction of sp³-hybridized carbons (Fsp3) is 0.211. The van der Waals surface area contributed by atoms with Crippen LogP contribution in [-0.4, -0.2) is 39.2 Å². The van der Waals surface area contributed by atoms with Crippen LogP contribution >= 0.6 is 23.2 Å². The number of aromatic nitrogens is 3. The minimum absolute atomic E-state index is 0.0642. The lowest BCUT2D eigenvalue weighted by Gasteiger charge is -2.24. The number of likely N-dealkylation sites (N-methyl/N-ethyl adjacent to an activating group) is 1. The molecule has 0 aliphatic heterocycles. The molecule has 0 saturated carbocycles. The molecule has 1 aromatic heterocycles. The molecule has 3 aromatic rings. The van der Waals surface area contributed by atoms with Crippen molar-refractivity contribution in [2.45, 2.75) is 13.0 Å². The summed E-state index contributed by atoms with van der Waals surface area (Å²) in [4.78, 5) is 18.2. The van der Waals surface area contributed by atoms with Crippen LogP contribution in [0.5, 0.6) is 0 Å². The monoisotopic (exact) mass is 403 g/mol. The summed E-state index contributed by atoms with van der Waals surface area (Å²) >= 11 is 11.9. The Morgan fingerprint density at radius 3 is 2.56 bits per heavy atom. The first-order valence-corrected chi connectivity index (χ1v) is 9.10. The van der Waals surface area contributed by atoms with Crippen LogP contribution < -0.4 is 5.32 Å². The molecular weight excluding hydrogens is 385 g/mol. The maximum Gasteiger partial charge on any atom is 0.238 e. The lowest BCUT2D eigenvalue weighted by molar-refractivity contribution is -0.117. The smallest absolute Gasteiger partial charge is 0.238 e. The van der Waals surface area contributed by atoms with Gasteiger partial charge in [0.2, 0.25) is 5.91 Å². The molecule has 0 spiro atoms. The highest BCUT2D eigenvalue weighted by atomic mass is 35.5. The second-order valence-electron chi connectivity index (χ2n) is 6.20. The van der Waals surface area contributed by atoms with Gasteiger partial charge in [-0.15, -0.1) is 0 Å². The van der Waals surface area contributed by atoms with E-state index >= 15 is 0 Å². The molecule has 0 unspecified atom stereocenters. The van der Waals surface area contributed by atoms with E-state index in [4.69, 9.17) is 23.2 Å². The Labute approximate surface area is 167 Å². The van der Waals surface area contributed by atoms with Crippen LogP contribution in [0.25, 0.3) is 5.69 Å². The van der Waals surface area contributed by atoms with Gasteiger partial charge in [-0.1, -0.05) is 35.3 Å². The van der Waals surface area contributed by atoms with E-state index in [0.717, 1.165) is 11.3 Å². The van der Waals surface area contributed by atoms with Gasteiger partial charge in [0, 0.05) is 11.7 Å². The fourth-order valence-electron chi connectivity index (χ4n) is 2.64. The molecule has 0 fully saturated rings. The van der Waals surface area contributed by atoms with Gasteiger partial charge in [0.25, 0.3) is 0 Å². The van der Waals surface area contributed by atoms with E-state index in [9.17, 15) is 4.79 Å². The minimum atomic E-state index is -0.123. The number of amides is 1. The molecule has 1 N–H and O–H groups in total. The van der Waals surface area contributed by atoms with E-state index in [1.807, 2.05) is 36.2 Å². The molecule has 1 amide bonds. The summed E-state index contributed by atoms with van der Waals surface area (Å²) < 4.78 is 1.70. The summed E-state index contributed by atoms with van der Waals surface area (Å²) in [6.07, 6.45) is 3.15. The second-order valence-corrected chi connectivity index (χ2v) is 7.01. The summed E-state index contributed by atoms with van der Waals surface area (Å²) in [5.74, 6) is -0.123. The Morgan fingerprint density at radius 1 is 1.19 bits per heavy atom. The quantitative estimate of drug-likeness (QED) is 0.669. The Balaban J connectivity index is 1.60. The number of carbonyl (C=O) groups excluding carboxylic acids is 1. The SMILES string of the molecule is C[C@@H](c1ccc(-n2cncn2)cc1)N(C)CC(=O)Nc1ccc(Cl)c(Cl)c1. The predicted octanol–water partition coefficient (Wildman–Crippen LogP) is 4.21. The number of nitrogens with zero attached hydrogens (tertiary/aromatic N) is 4. The van der Waals surface area contributed by atoms with Crippen molar-refractivity contribution in [2.75, 3.05) is 18.9 Å². The minimum Gasteiger partial charge on any atom is -0.325 e. The lowest BCUT2D eigenvalue weighted by Crippen LogP contribution is -2.32. The summed E-state index contributed by atoms with van der Waals surface area (Å²) in [6.45, 7) is 2.29. The third-order valence-corrected chi connectivity index (χ3v) is 5.06. The van der Waals surface area contributed by atoms with Gasteiger partial charge in [0.1, 0.15) is 12.7 Å². The van der Waals surface area contributed by atoms with E-state index in [1.54, 1.807) is 29.2 Å². The van der Waals surface area contributed by atoms with Crippen molar-refractivity contribution in [2.24, 2.45) is 0 Å².